The van der Waals surface area contributed by atoms with Gasteiger partial charge < -0.3 is 4.18 Å². The van der Waals surface area contributed by atoms with Crippen molar-refractivity contribution in [3.05, 3.63) is 27.7 Å². The second-order valence-electron chi connectivity index (χ2n) is 5.85. The van der Waals surface area contributed by atoms with Crippen LogP contribution in [0, 0.1) is 12.3 Å². The Hall–Kier alpha value is -1.21. The van der Waals surface area contributed by atoms with Crippen LogP contribution >= 0.6 is 15.9 Å². The first-order valence-electron chi connectivity index (χ1n) is 6.78. The highest BCUT2D eigenvalue weighted by Crippen LogP contribution is 2.38. The lowest BCUT2D eigenvalue weighted by atomic mass is 9.80. The lowest BCUT2D eigenvalue weighted by Crippen LogP contribution is -2.31. The highest BCUT2D eigenvalue weighted by atomic mass is 79.9. The van der Waals surface area contributed by atoms with E-state index in [0.29, 0.717) is 29.3 Å². The van der Waals surface area contributed by atoms with Crippen molar-refractivity contribution in [3.8, 4) is 5.75 Å². The number of halogens is 1. The monoisotopic (exact) mass is 388 g/mol. The molecule has 120 valence electrons. The minimum atomic E-state index is -3.61. The Bertz CT molecular complexity index is 735. The number of carbonyl (C=O) groups excluding carboxylic acids is 2. The SMILES string of the molecule is Cc1cc(CC2(C)C(=O)CCC2=O)c(Br)cc1OS(C)(=O)=O. The zero-order chi connectivity index (χ0) is 16.7. The lowest BCUT2D eigenvalue weighted by molar-refractivity contribution is -0.133. The van der Waals surface area contributed by atoms with Crippen LogP contribution in [0.2, 0.25) is 0 Å². The largest absolute Gasteiger partial charge is 0.382 e. The van der Waals surface area contributed by atoms with Gasteiger partial charge in [0.05, 0.1) is 11.7 Å². The van der Waals surface area contributed by atoms with Gasteiger partial charge in [-0.2, -0.15) is 8.42 Å². The second-order valence-corrected chi connectivity index (χ2v) is 8.28. The van der Waals surface area contributed by atoms with Gasteiger partial charge in [0.15, 0.2) is 0 Å². The molecule has 0 saturated heterocycles. The summed E-state index contributed by atoms with van der Waals surface area (Å²) >= 11 is 3.36. The van der Waals surface area contributed by atoms with Gasteiger partial charge in [-0.3, -0.25) is 9.59 Å². The normalized spacial score (nSPS) is 17.8. The summed E-state index contributed by atoms with van der Waals surface area (Å²) in [5.41, 5.74) is 0.420. The number of ketones is 2. The molecule has 2 rings (SSSR count). The van der Waals surface area contributed by atoms with E-state index < -0.39 is 15.5 Å². The standard InChI is InChI=1S/C15H17BrO5S/c1-9-6-10(8-15(2)13(17)4-5-14(15)18)11(16)7-12(9)21-22(3,19)20/h6-7H,4-5,8H2,1-3H3. The molecule has 5 nitrogen and oxygen atoms in total. The molecule has 1 saturated carbocycles. The van der Waals surface area contributed by atoms with Crippen molar-refractivity contribution in [2.24, 2.45) is 5.41 Å². The van der Waals surface area contributed by atoms with Gasteiger partial charge in [-0.05, 0) is 37.5 Å². The van der Waals surface area contributed by atoms with Crippen LogP contribution < -0.4 is 4.18 Å². The molecule has 0 aromatic heterocycles. The molecule has 22 heavy (non-hydrogen) atoms. The molecule has 0 amide bonds. The molecule has 0 unspecified atom stereocenters. The second kappa shape index (κ2) is 5.77. The average Bonchev–Trinajstić information content (AvgIpc) is 2.62. The van der Waals surface area contributed by atoms with Crippen LogP contribution in [-0.4, -0.2) is 26.2 Å². The van der Waals surface area contributed by atoms with E-state index >= 15 is 0 Å². The Labute approximate surface area is 138 Å². The van der Waals surface area contributed by atoms with E-state index in [-0.39, 0.29) is 17.3 Å². The summed E-state index contributed by atoms with van der Waals surface area (Å²) in [6.07, 6.45) is 1.86. The molecule has 7 heteroatoms. The van der Waals surface area contributed by atoms with Crippen molar-refractivity contribution in [2.45, 2.75) is 33.1 Å². The van der Waals surface area contributed by atoms with E-state index in [2.05, 4.69) is 15.9 Å². The van der Waals surface area contributed by atoms with E-state index in [1.807, 2.05) is 0 Å². The zero-order valence-electron chi connectivity index (χ0n) is 12.6. The smallest absolute Gasteiger partial charge is 0.306 e. The highest BCUT2D eigenvalue weighted by Gasteiger charge is 2.45. The first-order valence-corrected chi connectivity index (χ1v) is 9.39. The first kappa shape index (κ1) is 17.1. The third kappa shape index (κ3) is 3.41. The van der Waals surface area contributed by atoms with E-state index in [0.717, 1.165) is 11.8 Å². The quantitative estimate of drug-likeness (QED) is 0.584. The van der Waals surface area contributed by atoms with Gasteiger partial charge in [-0.25, -0.2) is 0 Å². The number of hydrogen-bond donors (Lipinski definition) is 0. The molecule has 0 bridgehead atoms. The van der Waals surface area contributed by atoms with Crippen LogP contribution in [0.4, 0.5) is 0 Å². The third-order valence-corrected chi connectivity index (χ3v) is 5.16. The Kier molecular flexibility index (Phi) is 4.50. The number of Topliss-reactive ketones (excluding diaryl/α,β-unsaturated/α-hetero) is 2. The van der Waals surface area contributed by atoms with E-state index in [9.17, 15) is 18.0 Å². The molecule has 1 aromatic rings. The number of aryl methyl sites for hydroxylation is 1. The Balaban J connectivity index is 2.36. The molecule has 1 aromatic carbocycles. The molecule has 1 fully saturated rings. The molecule has 0 radical (unpaired) electrons. The van der Waals surface area contributed by atoms with Crippen LogP contribution in [0.3, 0.4) is 0 Å². The van der Waals surface area contributed by atoms with Crippen LogP contribution in [-0.2, 0) is 26.1 Å². The van der Waals surface area contributed by atoms with Crippen molar-refractivity contribution in [1.82, 2.24) is 0 Å². The molecule has 1 aliphatic carbocycles. The number of hydrogen-bond acceptors (Lipinski definition) is 5. The summed E-state index contributed by atoms with van der Waals surface area (Å²) in [5.74, 6) is 0.143. The zero-order valence-corrected chi connectivity index (χ0v) is 15.0. The molecule has 1 aliphatic rings. The molecule has 0 spiro atoms. The molecular formula is C15H17BrO5S. The van der Waals surface area contributed by atoms with Gasteiger partial charge >= 0.3 is 10.1 Å². The Morgan fingerprint density at radius 1 is 1.23 bits per heavy atom. The van der Waals surface area contributed by atoms with Gasteiger partial charge in [-0.1, -0.05) is 22.0 Å². The van der Waals surface area contributed by atoms with Crippen molar-refractivity contribution >= 4 is 37.6 Å². The van der Waals surface area contributed by atoms with E-state index in [1.165, 1.54) is 0 Å². The highest BCUT2D eigenvalue weighted by molar-refractivity contribution is 9.10. The van der Waals surface area contributed by atoms with Crippen molar-refractivity contribution < 1.29 is 22.2 Å². The van der Waals surface area contributed by atoms with Crippen molar-refractivity contribution in [2.75, 3.05) is 6.26 Å². The minimum absolute atomic E-state index is 0.0430. The van der Waals surface area contributed by atoms with E-state index in [4.69, 9.17) is 4.18 Å². The topological polar surface area (TPSA) is 77.5 Å². The Morgan fingerprint density at radius 3 is 2.27 bits per heavy atom. The predicted molar refractivity (Wildman–Crippen MR) is 85.4 cm³/mol. The fourth-order valence-electron chi connectivity index (χ4n) is 2.62. The van der Waals surface area contributed by atoms with Gasteiger partial charge in [0.1, 0.15) is 17.3 Å². The maximum absolute atomic E-state index is 12.0. The molecule has 0 N–H and O–H groups in total. The van der Waals surface area contributed by atoms with Crippen molar-refractivity contribution in [3.63, 3.8) is 0 Å². The predicted octanol–water partition coefficient (Wildman–Crippen LogP) is 2.58. The lowest BCUT2D eigenvalue weighted by Gasteiger charge is -2.21. The van der Waals surface area contributed by atoms with Crippen LogP contribution in [0.5, 0.6) is 5.75 Å². The van der Waals surface area contributed by atoms with Gasteiger partial charge in [-0.15, -0.1) is 0 Å². The summed E-state index contributed by atoms with van der Waals surface area (Å²) in [4.78, 5) is 24.0. The molecular weight excluding hydrogens is 372 g/mol. The molecule has 0 heterocycles. The maximum atomic E-state index is 12.0. The summed E-state index contributed by atoms with van der Waals surface area (Å²) in [7, 11) is -3.61. The minimum Gasteiger partial charge on any atom is -0.382 e. The molecule has 0 atom stereocenters. The van der Waals surface area contributed by atoms with Crippen molar-refractivity contribution in [1.29, 1.82) is 0 Å². The summed E-state index contributed by atoms with van der Waals surface area (Å²) in [6, 6.07) is 3.30. The number of benzene rings is 1. The van der Waals surface area contributed by atoms with Crippen LogP contribution in [0.15, 0.2) is 16.6 Å². The fourth-order valence-corrected chi connectivity index (χ4v) is 3.59. The third-order valence-electron chi connectivity index (χ3n) is 3.94. The van der Waals surface area contributed by atoms with Gasteiger partial charge in [0.2, 0.25) is 0 Å². The maximum Gasteiger partial charge on any atom is 0.306 e. The summed E-state index contributed by atoms with van der Waals surface area (Å²) in [6.45, 7) is 3.39. The summed E-state index contributed by atoms with van der Waals surface area (Å²) in [5, 5.41) is 0. The number of carbonyl (C=O) groups is 2. The van der Waals surface area contributed by atoms with Gasteiger partial charge in [0.25, 0.3) is 0 Å². The first-order chi connectivity index (χ1) is 10.0. The fraction of sp³-hybridized carbons (Fsp3) is 0.467. The average molecular weight is 389 g/mol. The van der Waals surface area contributed by atoms with E-state index in [1.54, 1.807) is 26.0 Å². The van der Waals surface area contributed by atoms with Crippen LogP contribution in [0.1, 0.15) is 30.9 Å². The summed E-state index contributed by atoms with van der Waals surface area (Å²) < 4.78 is 28.0. The van der Waals surface area contributed by atoms with Gasteiger partial charge in [0, 0.05) is 17.3 Å². The number of rotatable bonds is 4. The molecule has 0 aliphatic heterocycles. The Morgan fingerprint density at radius 2 is 1.77 bits per heavy atom. The van der Waals surface area contributed by atoms with Crippen LogP contribution in [0.25, 0.3) is 0 Å².